The first-order valence-electron chi connectivity index (χ1n) is 8.10. The van der Waals surface area contributed by atoms with Crippen LogP contribution in [0.3, 0.4) is 0 Å². The van der Waals surface area contributed by atoms with E-state index in [0.29, 0.717) is 0 Å². The smallest absolute Gasteiger partial charge is 0.203 e. The fraction of sp³-hybridized carbons (Fsp3) is 0.333. The Morgan fingerprint density at radius 2 is 2.13 bits per heavy atom. The molecule has 1 aromatic carbocycles. The van der Waals surface area contributed by atoms with Gasteiger partial charge in [-0.05, 0) is 43.4 Å². The minimum absolute atomic E-state index is 0.792. The van der Waals surface area contributed by atoms with Crippen molar-refractivity contribution in [3.8, 4) is 0 Å². The van der Waals surface area contributed by atoms with Crippen molar-refractivity contribution >= 4 is 28.5 Å². The maximum atomic E-state index is 4.64. The third-order valence-corrected chi connectivity index (χ3v) is 4.29. The Hall–Kier alpha value is -2.56. The Morgan fingerprint density at radius 1 is 1.26 bits per heavy atom. The van der Waals surface area contributed by atoms with Gasteiger partial charge in [-0.3, -0.25) is 0 Å². The molecule has 2 heterocycles. The van der Waals surface area contributed by atoms with E-state index in [1.165, 1.54) is 18.4 Å². The van der Waals surface area contributed by atoms with E-state index in [1.54, 1.807) is 0 Å². The second-order valence-corrected chi connectivity index (χ2v) is 6.29. The molecule has 0 atom stereocenters. The highest BCUT2D eigenvalue weighted by Gasteiger charge is 2.24. The van der Waals surface area contributed by atoms with Gasteiger partial charge >= 0.3 is 0 Å². The monoisotopic (exact) mass is 307 g/mol. The molecule has 1 aliphatic rings. The number of rotatable bonds is 5. The zero-order valence-corrected chi connectivity index (χ0v) is 13.5. The summed E-state index contributed by atoms with van der Waals surface area (Å²) in [6, 6.07) is 10.4. The topological polar surface area (TPSA) is 54.8 Å². The molecule has 5 nitrogen and oxygen atoms in total. The molecule has 3 aromatic rings. The number of nitrogens with zero attached hydrogens (tertiary/aromatic N) is 3. The molecule has 0 aliphatic heterocycles. The van der Waals surface area contributed by atoms with Crippen LogP contribution in [0.15, 0.2) is 36.5 Å². The fourth-order valence-corrected chi connectivity index (χ4v) is 2.90. The van der Waals surface area contributed by atoms with E-state index < -0.39 is 0 Å². The van der Waals surface area contributed by atoms with Crippen LogP contribution in [-0.2, 0) is 6.54 Å². The Balaban J connectivity index is 1.70. The van der Waals surface area contributed by atoms with Crippen LogP contribution in [0.4, 0.5) is 17.5 Å². The summed E-state index contributed by atoms with van der Waals surface area (Å²) in [7, 11) is 1.92. The number of aromatic nitrogens is 3. The molecule has 1 saturated carbocycles. The molecule has 1 aliphatic carbocycles. The summed E-state index contributed by atoms with van der Waals surface area (Å²) in [4.78, 5) is 9.14. The van der Waals surface area contributed by atoms with E-state index in [-0.39, 0.29) is 0 Å². The number of nitrogens with one attached hydrogen (secondary N) is 2. The average molecular weight is 307 g/mol. The van der Waals surface area contributed by atoms with Gasteiger partial charge in [-0.25, -0.2) is 9.97 Å². The van der Waals surface area contributed by atoms with E-state index in [9.17, 15) is 0 Å². The maximum absolute atomic E-state index is 4.64. The Morgan fingerprint density at radius 3 is 2.87 bits per heavy atom. The lowest BCUT2D eigenvalue weighted by molar-refractivity contribution is 0.648. The highest BCUT2D eigenvalue weighted by molar-refractivity contribution is 5.81. The summed E-state index contributed by atoms with van der Waals surface area (Å²) < 4.78 is 2.27. The Labute approximate surface area is 135 Å². The number of fused-ring (bicyclic) bond motifs is 1. The summed E-state index contributed by atoms with van der Waals surface area (Å²) in [6.45, 7) is 3.12. The minimum Gasteiger partial charge on any atom is -0.359 e. The Kier molecular flexibility index (Phi) is 3.41. The van der Waals surface area contributed by atoms with Gasteiger partial charge in [0.25, 0.3) is 0 Å². The van der Waals surface area contributed by atoms with Crippen LogP contribution >= 0.6 is 0 Å². The first-order chi connectivity index (χ1) is 11.2. The van der Waals surface area contributed by atoms with E-state index >= 15 is 0 Å². The van der Waals surface area contributed by atoms with Gasteiger partial charge in [0.2, 0.25) is 5.95 Å². The fourth-order valence-electron chi connectivity index (χ4n) is 2.90. The van der Waals surface area contributed by atoms with E-state index in [4.69, 9.17) is 0 Å². The molecule has 1 fully saturated rings. The summed E-state index contributed by atoms with van der Waals surface area (Å²) in [5.41, 5.74) is 4.35. The van der Waals surface area contributed by atoms with Crippen LogP contribution in [0.2, 0.25) is 0 Å². The zero-order chi connectivity index (χ0) is 15.8. The average Bonchev–Trinajstić information content (AvgIpc) is 3.29. The van der Waals surface area contributed by atoms with Gasteiger partial charge in [0.1, 0.15) is 11.3 Å². The number of pyridine rings is 1. The summed E-state index contributed by atoms with van der Waals surface area (Å²) in [6.07, 6.45) is 4.49. The first kappa shape index (κ1) is 14.1. The molecule has 0 spiro atoms. The molecule has 2 aromatic heterocycles. The molecule has 0 saturated heterocycles. The number of benzene rings is 1. The van der Waals surface area contributed by atoms with Crippen molar-refractivity contribution in [2.24, 2.45) is 5.92 Å². The van der Waals surface area contributed by atoms with Gasteiger partial charge in [-0.1, -0.05) is 12.1 Å². The standard InChI is InChI=1S/C18H21N5/c1-12-4-3-5-14(8-12)21-17-9-16-15(10-20-17)22-18(19-2)23(16)11-13-6-7-13/h3-5,8-10,13H,6-7,11H2,1-2H3,(H,19,22)(H,20,21). The number of anilines is 3. The summed E-state index contributed by atoms with van der Waals surface area (Å²) in [5, 5.41) is 6.59. The van der Waals surface area contributed by atoms with E-state index in [2.05, 4.69) is 56.4 Å². The lowest BCUT2D eigenvalue weighted by Gasteiger charge is -2.09. The lowest BCUT2D eigenvalue weighted by atomic mass is 10.2. The SMILES string of the molecule is CNc1nc2cnc(Nc3cccc(C)c3)cc2n1CC1CC1. The van der Waals surface area contributed by atoms with Gasteiger partial charge in [0.05, 0.1) is 11.7 Å². The lowest BCUT2D eigenvalue weighted by Crippen LogP contribution is -2.05. The van der Waals surface area contributed by atoms with Crippen molar-refractivity contribution < 1.29 is 0 Å². The number of imidazole rings is 1. The minimum atomic E-state index is 0.792. The summed E-state index contributed by atoms with van der Waals surface area (Å²) >= 11 is 0. The van der Waals surface area contributed by atoms with Crippen molar-refractivity contribution in [1.29, 1.82) is 0 Å². The maximum Gasteiger partial charge on any atom is 0.203 e. The molecule has 0 radical (unpaired) electrons. The molecular formula is C18H21N5. The zero-order valence-electron chi connectivity index (χ0n) is 13.5. The Bertz CT molecular complexity index is 848. The largest absolute Gasteiger partial charge is 0.359 e. The molecule has 0 bridgehead atoms. The predicted molar refractivity (Wildman–Crippen MR) is 94.3 cm³/mol. The molecule has 118 valence electrons. The second kappa shape index (κ2) is 5.57. The highest BCUT2D eigenvalue weighted by Crippen LogP contribution is 2.33. The molecule has 0 unspecified atom stereocenters. The van der Waals surface area contributed by atoms with Gasteiger partial charge < -0.3 is 15.2 Å². The van der Waals surface area contributed by atoms with Gasteiger partial charge in [0.15, 0.2) is 0 Å². The third-order valence-electron chi connectivity index (χ3n) is 4.29. The van der Waals surface area contributed by atoms with Crippen molar-refractivity contribution in [3.63, 3.8) is 0 Å². The first-order valence-corrected chi connectivity index (χ1v) is 8.10. The molecule has 4 rings (SSSR count). The number of aryl methyl sites for hydroxylation is 1. The molecule has 2 N–H and O–H groups in total. The molecule has 0 amide bonds. The highest BCUT2D eigenvalue weighted by atomic mass is 15.2. The normalized spacial score (nSPS) is 14.2. The molecular weight excluding hydrogens is 286 g/mol. The summed E-state index contributed by atoms with van der Waals surface area (Å²) in [5.74, 6) is 2.56. The van der Waals surface area contributed by atoms with Gasteiger partial charge in [-0.15, -0.1) is 0 Å². The quantitative estimate of drug-likeness (QED) is 0.750. The van der Waals surface area contributed by atoms with E-state index in [1.807, 2.05) is 19.3 Å². The van der Waals surface area contributed by atoms with Gasteiger partial charge in [0, 0.05) is 25.3 Å². The number of hydrogen-bond acceptors (Lipinski definition) is 4. The van der Waals surface area contributed by atoms with Crippen LogP contribution < -0.4 is 10.6 Å². The van der Waals surface area contributed by atoms with Crippen molar-refractivity contribution in [2.45, 2.75) is 26.3 Å². The van der Waals surface area contributed by atoms with Crippen LogP contribution in [0, 0.1) is 12.8 Å². The van der Waals surface area contributed by atoms with E-state index in [0.717, 1.165) is 40.9 Å². The van der Waals surface area contributed by atoms with Crippen LogP contribution in [-0.4, -0.2) is 21.6 Å². The predicted octanol–water partition coefficient (Wildman–Crippen LogP) is 3.94. The van der Waals surface area contributed by atoms with Crippen LogP contribution in [0.5, 0.6) is 0 Å². The number of hydrogen-bond donors (Lipinski definition) is 2. The molecule has 23 heavy (non-hydrogen) atoms. The van der Waals surface area contributed by atoms with Crippen LogP contribution in [0.25, 0.3) is 11.0 Å². The second-order valence-electron chi connectivity index (χ2n) is 6.29. The van der Waals surface area contributed by atoms with Crippen molar-refractivity contribution in [1.82, 2.24) is 14.5 Å². The van der Waals surface area contributed by atoms with Crippen molar-refractivity contribution in [3.05, 3.63) is 42.1 Å². The van der Waals surface area contributed by atoms with Gasteiger partial charge in [-0.2, -0.15) is 0 Å². The van der Waals surface area contributed by atoms with Crippen molar-refractivity contribution in [2.75, 3.05) is 17.7 Å². The molecule has 5 heteroatoms. The third kappa shape index (κ3) is 2.86. The van der Waals surface area contributed by atoms with Crippen LogP contribution in [0.1, 0.15) is 18.4 Å².